The van der Waals surface area contributed by atoms with Crippen molar-refractivity contribution in [2.24, 2.45) is 5.92 Å². The largest absolute Gasteiger partial charge is 0.378 e. The molecule has 2 rings (SSSR count). The maximum absolute atomic E-state index is 12.1. The molecule has 3 unspecified atom stereocenters. The predicted molar refractivity (Wildman–Crippen MR) is 79.4 cm³/mol. The van der Waals surface area contributed by atoms with Crippen LogP contribution in [0.3, 0.4) is 0 Å². The molecule has 1 aromatic rings. The van der Waals surface area contributed by atoms with E-state index in [0.29, 0.717) is 6.61 Å². The Labute approximate surface area is 122 Å². The predicted octanol–water partition coefficient (Wildman–Crippen LogP) is 2.53. The summed E-state index contributed by atoms with van der Waals surface area (Å²) in [5.74, 6) is 0.122. The Kier molecular flexibility index (Phi) is 5.40. The van der Waals surface area contributed by atoms with Gasteiger partial charge in [0, 0.05) is 11.4 Å². The average Bonchev–Trinajstić information content (AvgIpc) is 2.86. The van der Waals surface area contributed by atoms with E-state index in [9.17, 15) is 4.79 Å². The summed E-state index contributed by atoms with van der Waals surface area (Å²) in [5, 5.41) is 3.87. The number of rotatable bonds is 5. The molecule has 1 saturated heterocycles. The van der Waals surface area contributed by atoms with Crippen LogP contribution in [0.4, 0.5) is 0 Å². The highest BCUT2D eigenvalue weighted by molar-refractivity contribution is 9.09. The summed E-state index contributed by atoms with van der Waals surface area (Å²) in [6, 6.07) is 10.4. The van der Waals surface area contributed by atoms with Crippen molar-refractivity contribution in [3.63, 3.8) is 0 Å². The number of hydrogen-bond acceptors (Lipinski definition) is 2. The van der Waals surface area contributed by atoms with Crippen LogP contribution in [-0.4, -0.2) is 30.0 Å². The molecule has 0 aromatic heterocycles. The summed E-state index contributed by atoms with van der Waals surface area (Å²) in [7, 11) is 0. The van der Waals surface area contributed by atoms with Crippen LogP contribution in [0.25, 0.3) is 0 Å². The molecule has 1 aliphatic rings. The van der Waals surface area contributed by atoms with E-state index in [1.54, 1.807) is 0 Å². The molecule has 1 aromatic carbocycles. The van der Waals surface area contributed by atoms with Gasteiger partial charge in [-0.1, -0.05) is 46.3 Å². The minimum Gasteiger partial charge on any atom is -0.378 e. The quantitative estimate of drug-likeness (QED) is 0.845. The normalized spacial score (nSPS) is 24.1. The van der Waals surface area contributed by atoms with E-state index in [4.69, 9.17) is 4.74 Å². The Balaban J connectivity index is 1.87. The van der Waals surface area contributed by atoms with Crippen molar-refractivity contribution in [1.82, 2.24) is 5.32 Å². The highest BCUT2D eigenvalue weighted by atomic mass is 79.9. The average molecular weight is 326 g/mol. The van der Waals surface area contributed by atoms with Crippen LogP contribution in [0.5, 0.6) is 0 Å². The molecule has 0 spiro atoms. The Morgan fingerprint density at radius 3 is 2.79 bits per heavy atom. The van der Waals surface area contributed by atoms with E-state index in [1.807, 2.05) is 25.1 Å². The van der Waals surface area contributed by atoms with E-state index < -0.39 is 0 Å². The van der Waals surface area contributed by atoms with Crippen LogP contribution < -0.4 is 5.32 Å². The Morgan fingerprint density at radius 2 is 2.21 bits per heavy atom. The lowest BCUT2D eigenvalue weighted by Gasteiger charge is -2.18. The standard InChI is InChI=1S/C15H20BrNO2/c1-11-7-13(10-19-11)15(18)17-14(9-16)8-12-5-3-2-4-6-12/h2-6,11,13-14H,7-10H2,1H3,(H,17,18). The number of carbonyl (C=O) groups excluding carboxylic acids is 1. The van der Waals surface area contributed by atoms with Gasteiger partial charge in [0.25, 0.3) is 0 Å². The molecule has 1 N–H and O–H groups in total. The molecule has 1 amide bonds. The maximum Gasteiger partial charge on any atom is 0.225 e. The molecule has 0 radical (unpaired) electrons. The summed E-state index contributed by atoms with van der Waals surface area (Å²) in [6.07, 6.45) is 1.87. The van der Waals surface area contributed by atoms with Gasteiger partial charge in [0.2, 0.25) is 5.91 Å². The monoisotopic (exact) mass is 325 g/mol. The van der Waals surface area contributed by atoms with Gasteiger partial charge < -0.3 is 10.1 Å². The van der Waals surface area contributed by atoms with Gasteiger partial charge in [-0.15, -0.1) is 0 Å². The van der Waals surface area contributed by atoms with Crippen LogP contribution in [0, 0.1) is 5.92 Å². The van der Waals surface area contributed by atoms with E-state index in [0.717, 1.165) is 18.2 Å². The molecule has 1 heterocycles. The first-order valence-corrected chi connectivity index (χ1v) is 7.83. The van der Waals surface area contributed by atoms with Gasteiger partial charge in [-0.25, -0.2) is 0 Å². The van der Waals surface area contributed by atoms with Gasteiger partial charge in [0.05, 0.1) is 18.6 Å². The van der Waals surface area contributed by atoms with Crippen molar-refractivity contribution in [2.75, 3.05) is 11.9 Å². The lowest BCUT2D eigenvalue weighted by molar-refractivity contribution is -0.125. The van der Waals surface area contributed by atoms with Crippen molar-refractivity contribution < 1.29 is 9.53 Å². The zero-order valence-corrected chi connectivity index (χ0v) is 12.7. The van der Waals surface area contributed by atoms with E-state index >= 15 is 0 Å². The minimum atomic E-state index is 0.00678. The second-order valence-electron chi connectivity index (χ2n) is 5.13. The molecule has 19 heavy (non-hydrogen) atoms. The third-order valence-corrected chi connectivity index (χ3v) is 4.21. The summed E-state index contributed by atoms with van der Waals surface area (Å²) < 4.78 is 5.45. The van der Waals surface area contributed by atoms with Crippen molar-refractivity contribution in [3.8, 4) is 0 Å². The first kappa shape index (κ1) is 14.5. The van der Waals surface area contributed by atoms with Gasteiger partial charge in [-0.2, -0.15) is 0 Å². The second kappa shape index (κ2) is 7.06. The SMILES string of the molecule is CC1CC(C(=O)NC(CBr)Cc2ccccc2)CO1. The Hall–Kier alpha value is -0.870. The molecule has 3 nitrogen and oxygen atoms in total. The molecular formula is C15H20BrNO2. The van der Waals surface area contributed by atoms with Crippen LogP contribution in [0.1, 0.15) is 18.9 Å². The molecule has 3 atom stereocenters. The lowest BCUT2D eigenvalue weighted by Crippen LogP contribution is -2.41. The summed E-state index contributed by atoms with van der Waals surface area (Å²) >= 11 is 3.48. The lowest BCUT2D eigenvalue weighted by atomic mass is 10.0. The number of alkyl halides is 1. The van der Waals surface area contributed by atoms with Gasteiger partial charge in [-0.05, 0) is 25.3 Å². The number of carbonyl (C=O) groups is 1. The zero-order chi connectivity index (χ0) is 13.7. The van der Waals surface area contributed by atoms with Crippen LogP contribution in [-0.2, 0) is 16.0 Å². The second-order valence-corrected chi connectivity index (χ2v) is 5.77. The van der Waals surface area contributed by atoms with E-state index in [1.165, 1.54) is 5.56 Å². The van der Waals surface area contributed by atoms with Crippen LogP contribution >= 0.6 is 15.9 Å². The number of nitrogens with one attached hydrogen (secondary N) is 1. The molecule has 104 valence electrons. The molecule has 1 fully saturated rings. The van der Waals surface area contributed by atoms with Crippen molar-refractivity contribution in [3.05, 3.63) is 35.9 Å². The fourth-order valence-corrected chi connectivity index (χ4v) is 2.75. The fraction of sp³-hybridized carbons (Fsp3) is 0.533. The Morgan fingerprint density at radius 1 is 1.47 bits per heavy atom. The van der Waals surface area contributed by atoms with Crippen molar-refractivity contribution >= 4 is 21.8 Å². The summed E-state index contributed by atoms with van der Waals surface area (Å²) in [4.78, 5) is 12.1. The van der Waals surface area contributed by atoms with Crippen molar-refractivity contribution in [2.45, 2.75) is 31.9 Å². The first-order chi connectivity index (χ1) is 9.19. The topological polar surface area (TPSA) is 38.3 Å². The number of halogens is 1. The van der Waals surface area contributed by atoms with E-state index in [2.05, 4.69) is 33.4 Å². The van der Waals surface area contributed by atoms with Gasteiger partial charge in [0.15, 0.2) is 0 Å². The highest BCUT2D eigenvalue weighted by Crippen LogP contribution is 2.19. The molecule has 0 aliphatic carbocycles. The van der Waals surface area contributed by atoms with Crippen molar-refractivity contribution in [1.29, 1.82) is 0 Å². The molecule has 4 heteroatoms. The van der Waals surface area contributed by atoms with Crippen LogP contribution in [0.2, 0.25) is 0 Å². The smallest absolute Gasteiger partial charge is 0.225 e. The minimum absolute atomic E-state index is 0.00678. The summed E-state index contributed by atoms with van der Waals surface area (Å²) in [5.41, 5.74) is 1.24. The summed E-state index contributed by atoms with van der Waals surface area (Å²) in [6.45, 7) is 2.56. The molecule has 1 aliphatic heterocycles. The first-order valence-electron chi connectivity index (χ1n) is 6.71. The fourth-order valence-electron chi connectivity index (χ4n) is 2.36. The molecule has 0 bridgehead atoms. The van der Waals surface area contributed by atoms with Gasteiger partial charge in [-0.3, -0.25) is 4.79 Å². The Bertz CT molecular complexity index is 410. The maximum atomic E-state index is 12.1. The van der Waals surface area contributed by atoms with Gasteiger partial charge >= 0.3 is 0 Å². The highest BCUT2D eigenvalue weighted by Gasteiger charge is 2.29. The van der Waals surface area contributed by atoms with Crippen LogP contribution in [0.15, 0.2) is 30.3 Å². The number of ether oxygens (including phenoxy) is 1. The number of benzene rings is 1. The van der Waals surface area contributed by atoms with E-state index in [-0.39, 0.29) is 24.0 Å². The number of hydrogen-bond donors (Lipinski definition) is 1. The zero-order valence-electron chi connectivity index (χ0n) is 11.1. The third kappa shape index (κ3) is 4.32. The third-order valence-electron chi connectivity index (χ3n) is 3.43. The molecule has 0 saturated carbocycles. The molecular weight excluding hydrogens is 306 g/mol. The number of amides is 1. The van der Waals surface area contributed by atoms with Gasteiger partial charge in [0.1, 0.15) is 0 Å².